The van der Waals surface area contributed by atoms with E-state index in [1.54, 1.807) is 0 Å². The van der Waals surface area contributed by atoms with Crippen LogP contribution in [-0.2, 0) is 27.6 Å². The summed E-state index contributed by atoms with van der Waals surface area (Å²) >= 11 is 3.03. The van der Waals surface area contributed by atoms with E-state index >= 15 is 0 Å². The van der Waals surface area contributed by atoms with Gasteiger partial charge in [-0.3, -0.25) is 4.79 Å². The smallest absolute Gasteiger partial charge is 0.234 e. The molecule has 184 valence electrons. The van der Waals surface area contributed by atoms with Crippen molar-refractivity contribution in [1.82, 2.24) is 4.98 Å². The zero-order valence-electron chi connectivity index (χ0n) is 18.7. The second-order valence-electron chi connectivity index (χ2n) is 8.15. The third-order valence-electron chi connectivity index (χ3n) is 5.89. The minimum Gasteiger partial charge on any atom is -0.480 e. The van der Waals surface area contributed by atoms with E-state index < -0.39 is 45.7 Å². The van der Waals surface area contributed by atoms with Crippen molar-refractivity contribution in [3.63, 3.8) is 0 Å². The number of rotatable bonds is 5. The molecule has 2 heterocycles. The van der Waals surface area contributed by atoms with Gasteiger partial charge < -0.3 is 9.64 Å². The average molecular weight is 569 g/mol. The molecule has 11 heteroatoms. The number of nitrogens with zero attached hydrogens (tertiary/aromatic N) is 2. The summed E-state index contributed by atoms with van der Waals surface area (Å²) in [5.74, 6) is -3.92. The number of aromatic nitrogens is 1. The van der Waals surface area contributed by atoms with Crippen LogP contribution in [0.5, 0.6) is 5.88 Å². The largest absolute Gasteiger partial charge is 0.480 e. The maximum Gasteiger partial charge on any atom is 0.234 e. The number of pyridine rings is 1. The van der Waals surface area contributed by atoms with Crippen LogP contribution in [-0.4, -0.2) is 32.7 Å². The SMILES string of the molecule is COc1ncc([C@H]2CCc3c(F)cccc3N(Cc3c(F)cc(Br)cc3F)C2=O)cc1S(C)(=O)=O. The Labute approximate surface area is 208 Å². The van der Waals surface area contributed by atoms with Gasteiger partial charge in [0, 0.05) is 28.1 Å². The summed E-state index contributed by atoms with van der Waals surface area (Å²) in [6.45, 7) is -0.487. The molecular formula is C24H20BrF3N2O4S. The Morgan fingerprint density at radius 2 is 1.83 bits per heavy atom. The first-order valence-corrected chi connectivity index (χ1v) is 13.2. The third-order valence-corrected chi connectivity index (χ3v) is 7.44. The van der Waals surface area contributed by atoms with Crippen LogP contribution in [0.4, 0.5) is 18.9 Å². The number of sulfone groups is 1. The molecule has 1 atom stereocenters. The molecule has 0 radical (unpaired) electrons. The first kappa shape index (κ1) is 25.2. The van der Waals surface area contributed by atoms with E-state index in [0.717, 1.165) is 23.3 Å². The molecule has 0 saturated heterocycles. The van der Waals surface area contributed by atoms with Gasteiger partial charge in [0.15, 0.2) is 9.84 Å². The Morgan fingerprint density at radius 1 is 1.14 bits per heavy atom. The molecule has 0 spiro atoms. The van der Waals surface area contributed by atoms with Crippen molar-refractivity contribution in [1.29, 1.82) is 0 Å². The van der Waals surface area contributed by atoms with Crippen LogP contribution in [0.15, 0.2) is 52.0 Å². The number of anilines is 1. The zero-order valence-corrected chi connectivity index (χ0v) is 21.1. The predicted molar refractivity (Wildman–Crippen MR) is 127 cm³/mol. The van der Waals surface area contributed by atoms with Crippen LogP contribution in [0.3, 0.4) is 0 Å². The van der Waals surface area contributed by atoms with E-state index in [4.69, 9.17) is 4.74 Å². The highest BCUT2D eigenvalue weighted by Crippen LogP contribution is 2.38. The van der Waals surface area contributed by atoms with Gasteiger partial charge in [0.05, 0.1) is 25.3 Å². The fourth-order valence-electron chi connectivity index (χ4n) is 4.18. The number of methoxy groups -OCH3 is 1. The van der Waals surface area contributed by atoms with Crippen molar-refractivity contribution >= 4 is 37.4 Å². The maximum absolute atomic E-state index is 14.8. The molecule has 4 rings (SSSR count). The highest BCUT2D eigenvalue weighted by molar-refractivity contribution is 9.10. The molecule has 1 amide bonds. The van der Waals surface area contributed by atoms with Gasteiger partial charge in [0.25, 0.3) is 0 Å². The van der Waals surface area contributed by atoms with Crippen LogP contribution >= 0.6 is 15.9 Å². The van der Waals surface area contributed by atoms with Gasteiger partial charge in [-0.25, -0.2) is 26.6 Å². The Hall–Kier alpha value is -2.92. The van der Waals surface area contributed by atoms with Crippen molar-refractivity contribution in [2.24, 2.45) is 0 Å². The molecule has 3 aromatic rings. The lowest BCUT2D eigenvalue weighted by molar-refractivity contribution is -0.120. The Morgan fingerprint density at radius 3 is 2.46 bits per heavy atom. The van der Waals surface area contributed by atoms with E-state index in [2.05, 4.69) is 20.9 Å². The molecule has 1 aliphatic rings. The number of hydrogen-bond acceptors (Lipinski definition) is 5. The number of carbonyl (C=O) groups is 1. The van der Waals surface area contributed by atoms with Gasteiger partial charge in [-0.15, -0.1) is 0 Å². The standard InChI is InChI=1S/C24H20BrF3N2O4S/c1-34-23-22(35(2,32)33)8-13(11-29-23)15-6-7-16-18(26)4-3-5-21(16)30(24(15)31)12-17-19(27)9-14(25)10-20(17)28/h3-5,8-11,15H,6-7,12H2,1-2H3/t15-/m1/s1. The fourth-order valence-corrected chi connectivity index (χ4v) is 5.38. The summed E-state index contributed by atoms with van der Waals surface area (Å²) in [5.41, 5.74) is 0.336. The van der Waals surface area contributed by atoms with Crippen LogP contribution < -0.4 is 9.64 Å². The van der Waals surface area contributed by atoms with E-state index in [0.29, 0.717) is 0 Å². The van der Waals surface area contributed by atoms with Gasteiger partial charge in [-0.05, 0) is 48.7 Å². The van der Waals surface area contributed by atoms with Crippen LogP contribution in [0.25, 0.3) is 0 Å². The Kier molecular flexibility index (Phi) is 6.92. The number of ether oxygens (including phenoxy) is 1. The minimum absolute atomic E-state index is 0.123. The topological polar surface area (TPSA) is 76.6 Å². The van der Waals surface area contributed by atoms with Gasteiger partial charge >= 0.3 is 0 Å². The number of hydrogen-bond donors (Lipinski definition) is 0. The second-order valence-corrected chi connectivity index (χ2v) is 11.0. The van der Waals surface area contributed by atoms with Gasteiger partial charge in [0.2, 0.25) is 11.8 Å². The summed E-state index contributed by atoms with van der Waals surface area (Å²) in [6, 6.07) is 7.64. The summed E-state index contributed by atoms with van der Waals surface area (Å²) in [7, 11) is -2.47. The molecule has 0 unspecified atom stereocenters. The molecule has 1 aliphatic heterocycles. The number of carbonyl (C=O) groups excluding carboxylic acids is 1. The molecule has 0 bridgehead atoms. The van der Waals surface area contributed by atoms with Crippen LogP contribution in [0, 0.1) is 17.5 Å². The molecular weight excluding hydrogens is 549 g/mol. The third kappa shape index (κ3) is 4.92. The minimum atomic E-state index is -3.75. The van der Waals surface area contributed by atoms with Crippen molar-refractivity contribution in [2.75, 3.05) is 18.3 Å². The van der Waals surface area contributed by atoms with E-state index in [9.17, 15) is 26.4 Å². The van der Waals surface area contributed by atoms with Crippen molar-refractivity contribution < 1.29 is 31.1 Å². The van der Waals surface area contributed by atoms with Crippen molar-refractivity contribution in [3.8, 4) is 5.88 Å². The summed E-state index contributed by atoms with van der Waals surface area (Å²) < 4.78 is 73.9. The molecule has 0 fully saturated rings. The van der Waals surface area contributed by atoms with E-state index in [1.807, 2.05) is 0 Å². The lowest BCUT2D eigenvalue weighted by atomic mass is 9.93. The van der Waals surface area contributed by atoms with E-state index in [-0.39, 0.29) is 50.5 Å². The highest BCUT2D eigenvalue weighted by atomic mass is 79.9. The second kappa shape index (κ2) is 9.62. The summed E-state index contributed by atoms with van der Waals surface area (Å²) in [6.07, 6.45) is 2.58. The van der Waals surface area contributed by atoms with Gasteiger partial charge in [-0.1, -0.05) is 22.0 Å². The molecule has 2 aromatic carbocycles. The quantitative estimate of drug-likeness (QED) is 0.436. The number of benzene rings is 2. The molecule has 0 saturated carbocycles. The fraction of sp³-hybridized carbons (Fsp3) is 0.250. The molecule has 0 N–H and O–H groups in total. The maximum atomic E-state index is 14.8. The Balaban J connectivity index is 1.84. The van der Waals surface area contributed by atoms with E-state index in [1.165, 1.54) is 37.6 Å². The van der Waals surface area contributed by atoms with Crippen molar-refractivity contribution in [3.05, 3.63) is 81.2 Å². The summed E-state index contributed by atoms with van der Waals surface area (Å²) in [4.78, 5) is 18.8. The lowest BCUT2D eigenvalue weighted by Gasteiger charge is -2.27. The number of fused-ring (bicyclic) bond motifs is 1. The van der Waals surface area contributed by atoms with Crippen molar-refractivity contribution in [2.45, 2.75) is 30.2 Å². The molecule has 6 nitrogen and oxygen atoms in total. The molecule has 35 heavy (non-hydrogen) atoms. The number of halogens is 4. The van der Waals surface area contributed by atoms with Crippen LogP contribution in [0.1, 0.15) is 29.0 Å². The summed E-state index contributed by atoms with van der Waals surface area (Å²) in [5, 5.41) is 0. The highest BCUT2D eigenvalue weighted by Gasteiger charge is 2.34. The van der Waals surface area contributed by atoms with Gasteiger partial charge in [-0.2, -0.15) is 0 Å². The monoisotopic (exact) mass is 568 g/mol. The van der Waals surface area contributed by atoms with Gasteiger partial charge in [0.1, 0.15) is 22.3 Å². The lowest BCUT2D eigenvalue weighted by Crippen LogP contribution is -2.34. The normalized spacial score (nSPS) is 16.1. The Bertz CT molecular complexity index is 1410. The molecule has 1 aromatic heterocycles. The average Bonchev–Trinajstić information content (AvgIpc) is 2.92. The zero-order chi connectivity index (χ0) is 25.5. The molecule has 0 aliphatic carbocycles. The van der Waals surface area contributed by atoms with Crippen LogP contribution in [0.2, 0.25) is 0 Å². The number of amides is 1. The first-order chi connectivity index (χ1) is 16.5. The predicted octanol–water partition coefficient (Wildman–Crippen LogP) is 4.94. The first-order valence-electron chi connectivity index (χ1n) is 10.5.